The van der Waals surface area contributed by atoms with Crippen molar-refractivity contribution in [3.63, 3.8) is 0 Å². The topological polar surface area (TPSA) is 45.2 Å². The average molecular weight is 279 g/mol. The molecule has 19 heavy (non-hydrogen) atoms. The van der Waals surface area contributed by atoms with Crippen LogP contribution in [0.2, 0.25) is 0 Å². The van der Waals surface area contributed by atoms with Crippen LogP contribution in [0.15, 0.2) is 23.4 Å². The van der Waals surface area contributed by atoms with Crippen molar-refractivity contribution in [1.29, 1.82) is 0 Å². The highest BCUT2D eigenvalue weighted by Gasteiger charge is 2.23. The van der Waals surface area contributed by atoms with Gasteiger partial charge in [-0.25, -0.2) is 4.98 Å². The lowest BCUT2D eigenvalue weighted by atomic mass is 10.2. The zero-order chi connectivity index (χ0) is 13.7. The molecule has 0 radical (unpaired) electrons. The van der Waals surface area contributed by atoms with E-state index in [0.717, 1.165) is 24.7 Å². The zero-order valence-corrected chi connectivity index (χ0v) is 12.4. The van der Waals surface area contributed by atoms with E-state index in [1.807, 2.05) is 18.4 Å². The third kappa shape index (κ3) is 3.48. The van der Waals surface area contributed by atoms with Gasteiger partial charge in [-0.05, 0) is 44.3 Å². The number of likely N-dealkylation sites (tertiary alicyclic amines) is 1. The summed E-state index contributed by atoms with van der Waals surface area (Å²) >= 11 is 1.50. The zero-order valence-electron chi connectivity index (χ0n) is 11.6. The van der Waals surface area contributed by atoms with E-state index in [1.165, 1.54) is 24.6 Å². The van der Waals surface area contributed by atoms with Gasteiger partial charge in [0.05, 0.1) is 5.56 Å². The minimum absolute atomic E-state index is 0.0135. The van der Waals surface area contributed by atoms with Crippen molar-refractivity contribution in [2.24, 2.45) is 0 Å². The quantitative estimate of drug-likeness (QED) is 0.838. The Labute approximate surface area is 119 Å². The van der Waals surface area contributed by atoms with Gasteiger partial charge in [0.25, 0.3) is 5.91 Å². The monoisotopic (exact) mass is 279 g/mol. The predicted octanol–water partition coefficient (Wildman–Crippen LogP) is 2.02. The van der Waals surface area contributed by atoms with Crippen molar-refractivity contribution < 1.29 is 4.79 Å². The number of likely N-dealkylation sites (N-methyl/N-ethyl adjacent to an activating group) is 1. The van der Waals surface area contributed by atoms with Gasteiger partial charge in [0.1, 0.15) is 5.03 Å². The molecule has 0 aromatic carbocycles. The van der Waals surface area contributed by atoms with E-state index in [1.54, 1.807) is 6.20 Å². The molecule has 5 heteroatoms. The van der Waals surface area contributed by atoms with E-state index in [-0.39, 0.29) is 5.91 Å². The van der Waals surface area contributed by atoms with Crippen LogP contribution in [0.1, 0.15) is 30.1 Å². The first-order valence-electron chi connectivity index (χ1n) is 6.77. The molecular weight excluding hydrogens is 258 g/mol. The maximum atomic E-state index is 12.2. The highest BCUT2D eigenvalue weighted by Crippen LogP contribution is 2.18. The number of carbonyl (C=O) groups excluding carboxylic acids is 1. The Hall–Kier alpha value is -1.07. The van der Waals surface area contributed by atoms with Gasteiger partial charge in [-0.15, -0.1) is 11.8 Å². The van der Waals surface area contributed by atoms with Crippen molar-refractivity contribution in [1.82, 2.24) is 15.2 Å². The number of nitrogens with one attached hydrogen (secondary N) is 1. The maximum Gasteiger partial charge on any atom is 0.254 e. The summed E-state index contributed by atoms with van der Waals surface area (Å²) in [5.41, 5.74) is 0.677. The third-order valence-electron chi connectivity index (χ3n) is 3.61. The molecule has 1 saturated heterocycles. The minimum atomic E-state index is -0.0135. The highest BCUT2D eigenvalue weighted by atomic mass is 32.2. The van der Waals surface area contributed by atoms with Crippen LogP contribution in [-0.4, -0.2) is 47.7 Å². The number of rotatable bonds is 5. The molecule has 0 saturated carbocycles. The van der Waals surface area contributed by atoms with E-state index in [9.17, 15) is 4.79 Å². The van der Waals surface area contributed by atoms with Gasteiger partial charge in [0.2, 0.25) is 0 Å². The molecule has 104 valence electrons. The highest BCUT2D eigenvalue weighted by molar-refractivity contribution is 7.98. The lowest BCUT2D eigenvalue weighted by Gasteiger charge is -2.23. The molecule has 1 aromatic heterocycles. The van der Waals surface area contributed by atoms with Crippen molar-refractivity contribution in [3.8, 4) is 0 Å². The SMILES string of the molecule is CCN1CCC[C@@H]1CNC(=O)c1cccnc1SC. The summed E-state index contributed by atoms with van der Waals surface area (Å²) in [6, 6.07) is 4.13. The van der Waals surface area contributed by atoms with Crippen LogP contribution in [-0.2, 0) is 0 Å². The van der Waals surface area contributed by atoms with Gasteiger partial charge in [0.15, 0.2) is 0 Å². The van der Waals surface area contributed by atoms with E-state index >= 15 is 0 Å². The Morgan fingerprint density at radius 2 is 2.47 bits per heavy atom. The van der Waals surface area contributed by atoms with Crippen LogP contribution in [0.25, 0.3) is 0 Å². The summed E-state index contributed by atoms with van der Waals surface area (Å²) in [6.07, 6.45) is 6.07. The first-order valence-corrected chi connectivity index (χ1v) is 8.00. The lowest BCUT2D eigenvalue weighted by Crippen LogP contribution is -2.40. The molecule has 1 aliphatic heterocycles. The van der Waals surface area contributed by atoms with Crippen LogP contribution < -0.4 is 5.32 Å². The average Bonchev–Trinajstić information content (AvgIpc) is 2.92. The first-order chi connectivity index (χ1) is 9.26. The van der Waals surface area contributed by atoms with E-state index in [4.69, 9.17) is 0 Å². The molecule has 0 spiro atoms. The van der Waals surface area contributed by atoms with Crippen LogP contribution in [0.4, 0.5) is 0 Å². The number of carbonyl (C=O) groups is 1. The first kappa shape index (κ1) is 14.3. The number of aromatic nitrogens is 1. The summed E-state index contributed by atoms with van der Waals surface area (Å²) in [5.74, 6) is -0.0135. The molecule has 0 aliphatic carbocycles. The number of hydrogen-bond donors (Lipinski definition) is 1. The standard InChI is InChI=1S/C14H21N3OS/c1-3-17-9-5-6-11(17)10-16-13(18)12-7-4-8-15-14(12)19-2/h4,7-8,11H,3,5-6,9-10H2,1-2H3,(H,16,18)/t11-/m1/s1. The lowest BCUT2D eigenvalue weighted by molar-refractivity contribution is 0.0937. The van der Waals surface area contributed by atoms with Crippen molar-refractivity contribution >= 4 is 17.7 Å². The van der Waals surface area contributed by atoms with Gasteiger partial charge in [-0.3, -0.25) is 9.69 Å². The predicted molar refractivity (Wildman–Crippen MR) is 78.6 cm³/mol. The Balaban J connectivity index is 1.94. The third-order valence-corrected chi connectivity index (χ3v) is 4.32. The normalized spacial score (nSPS) is 19.6. The molecule has 4 nitrogen and oxygen atoms in total. The fourth-order valence-corrected chi connectivity index (χ4v) is 3.12. The largest absolute Gasteiger partial charge is 0.350 e. The maximum absolute atomic E-state index is 12.2. The number of thioether (sulfide) groups is 1. The molecular formula is C14H21N3OS. The molecule has 0 bridgehead atoms. The van der Waals surface area contributed by atoms with E-state index in [2.05, 4.69) is 22.1 Å². The van der Waals surface area contributed by atoms with Crippen LogP contribution in [0, 0.1) is 0 Å². The van der Waals surface area contributed by atoms with Crippen LogP contribution in [0.5, 0.6) is 0 Å². The molecule has 1 amide bonds. The second-order valence-electron chi connectivity index (χ2n) is 4.69. The smallest absolute Gasteiger partial charge is 0.254 e. The van der Waals surface area contributed by atoms with Gasteiger partial charge in [-0.2, -0.15) is 0 Å². The molecule has 1 fully saturated rings. The van der Waals surface area contributed by atoms with Crippen LogP contribution in [0.3, 0.4) is 0 Å². The molecule has 0 unspecified atom stereocenters. The Kier molecular flexibility index (Phi) is 5.22. The fraction of sp³-hybridized carbons (Fsp3) is 0.571. The number of nitrogens with zero attached hydrogens (tertiary/aromatic N) is 2. The summed E-state index contributed by atoms with van der Waals surface area (Å²) in [4.78, 5) is 18.8. The number of hydrogen-bond acceptors (Lipinski definition) is 4. The summed E-state index contributed by atoms with van der Waals surface area (Å²) < 4.78 is 0. The molecule has 1 aliphatic rings. The van der Waals surface area contributed by atoms with E-state index in [0.29, 0.717) is 11.6 Å². The number of pyridine rings is 1. The van der Waals surface area contributed by atoms with Gasteiger partial charge in [-0.1, -0.05) is 6.92 Å². The van der Waals surface area contributed by atoms with Crippen molar-refractivity contribution in [3.05, 3.63) is 23.9 Å². The Morgan fingerprint density at radius 1 is 1.63 bits per heavy atom. The Morgan fingerprint density at radius 3 is 3.21 bits per heavy atom. The molecule has 1 N–H and O–H groups in total. The Bertz CT molecular complexity index is 438. The van der Waals surface area contributed by atoms with Gasteiger partial charge in [0, 0.05) is 18.8 Å². The fourth-order valence-electron chi connectivity index (χ4n) is 2.57. The van der Waals surface area contributed by atoms with Crippen molar-refractivity contribution in [2.45, 2.75) is 30.8 Å². The van der Waals surface area contributed by atoms with E-state index < -0.39 is 0 Å². The second kappa shape index (κ2) is 6.91. The second-order valence-corrected chi connectivity index (χ2v) is 5.49. The minimum Gasteiger partial charge on any atom is -0.350 e. The molecule has 2 rings (SSSR count). The number of amides is 1. The van der Waals surface area contributed by atoms with Gasteiger partial charge < -0.3 is 5.32 Å². The molecule has 1 atom stereocenters. The van der Waals surface area contributed by atoms with Crippen LogP contribution >= 0.6 is 11.8 Å². The molecule has 1 aromatic rings. The van der Waals surface area contributed by atoms with Crippen molar-refractivity contribution in [2.75, 3.05) is 25.9 Å². The summed E-state index contributed by atoms with van der Waals surface area (Å²) in [6.45, 7) is 5.12. The summed E-state index contributed by atoms with van der Waals surface area (Å²) in [7, 11) is 0. The van der Waals surface area contributed by atoms with Gasteiger partial charge >= 0.3 is 0 Å². The molecule has 2 heterocycles. The summed E-state index contributed by atoms with van der Waals surface area (Å²) in [5, 5.41) is 3.84.